The third-order valence-corrected chi connectivity index (χ3v) is 3.73. The van der Waals surface area contributed by atoms with Crippen LogP contribution in [0.25, 0.3) is 6.08 Å². The number of aliphatic hydroxyl groups is 5. The molecule has 0 spiro atoms. The van der Waals surface area contributed by atoms with Gasteiger partial charge in [0.1, 0.15) is 30.7 Å². The molecule has 25 heavy (non-hydrogen) atoms. The fraction of sp³-hybridized carbons (Fsp3) is 0.368. The molecule has 5 N–H and O–H groups in total. The zero-order valence-corrected chi connectivity index (χ0v) is 14.0. The monoisotopic (exact) mass is 350 g/mol. The fourth-order valence-electron chi connectivity index (χ4n) is 2.33. The van der Waals surface area contributed by atoms with Crippen LogP contribution in [0.4, 0.5) is 0 Å². The average molecular weight is 350 g/mol. The molecule has 0 aliphatic heterocycles. The summed E-state index contributed by atoms with van der Waals surface area (Å²) in [5.74, 6) is -0.0183. The van der Waals surface area contributed by atoms with Crippen molar-refractivity contribution in [2.24, 2.45) is 0 Å². The van der Waals surface area contributed by atoms with Gasteiger partial charge >= 0.3 is 0 Å². The summed E-state index contributed by atoms with van der Waals surface area (Å²) in [6, 6.07) is 8.97. The molecule has 6 nitrogen and oxygen atoms in total. The van der Waals surface area contributed by atoms with E-state index >= 15 is 0 Å². The first-order valence-corrected chi connectivity index (χ1v) is 7.90. The summed E-state index contributed by atoms with van der Waals surface area (Å²) in [5.41, 5.74) is -1.36. The minimum absolute atomic E-state index is 0.0183. The first-order valence-electron chi connectivity index (χ1n) is 7.90. The molecule has 1 rings (SSSR count). The molecule has 0 bridgehead atoms. The van der Waals surface area contributed by atoms with Crippen molar-refractivity contribution in [3.8, 4) is 0 Å². The van der Waals surface area contributed by atoms with E-state index in [4.69, 9.17) is 9.84 Å². The second-order valence-electron chi connectivity index (χ2n) is 5.62. The fourth-order valence-corrected chi connectivity index (χ4v) is 2.33. The molecule has 0 saturated carbocycles. The Balaban J connectivity index is 3.32. The van der Waals surface area contributed by atoms with Crippen LogP contribution >= 0.6 is 0 Å². The lowest BCUT2D eigenvalue weighted by Gasteiger charge is -2.37. The molecule has 0 aromatic heterocycles. The Hall–Kier alpha value is -1.96. The highest BCUT2D eigenvalue weighted by molar-refractivity contribution is 5.53. The van der Waals surface area contributed by atoms with Gasteiger partial charge in [-0.3, -0.25) is 0 Å². The summed E-state index contributed by atoms with van der Waals surface area (Å²) in [4.78, 5) is 0. The topological polar surface area (TPSA) is 110 Å². The van der Waals surface area contributed by atoms with E-state index in [0.717, 1.165) is 0 Å². The lowest BCUT2D eigenvalue weighted by atomic mass is 9.84. The lowest BCUT2D eigenvalue weighted by Crippen LogP contribution is -2.55. The highest BCUT2D eigenvalue weighted by Crippen LogP contribution is 2.31. The maximum absolute atomic E-state index is 11.0. The summed E-state index contributed by atoms with van der Waals surface area (Å²) >= 11 is 0. The van der Waals surface area contributed by atoms with Gasteiger partial charge in [-0.2, -0.15) is 0 Å². The van der Waals surface area contributed by atoms with Crippen molar-refractivity contribution in [1.29, 1.82) is 0 Å². The molecule has 4 atom stereocenters. The minimum atomic E-state index is -2.06. The number of benzene rings is 1. The molecular weight excluding hydrogens is 324 g/mol. The summed E-state index contributed by atoms with van der Waals surface area (Å²) in [6.07, 6.45) is -1.04. The summed E-state index contributed by atoms with van der Waals surface area (Å²) < 4.78 is 5.53. The Morgan fingerprint density at radius 2 is 1.76 bits per heavy atom. The van der Waals surface area contributed by atoms with E-state index < -0.39 is 30.5 Å². The Labute approximate surface area is 147 Å². The highest BCUT2D eigenvalue weighted by Gasteiger charge is 2.45. The van der Waals surface area contributed by atoms with E-state index in [1.165, 1.54) is 18.2 Å². The average Bonchev–Trinajstić information content (AvgIpc) is 2.64. The van der Waals surface area contributed by atoms with Gasteiger partial charge in [0.05, 0.1) is 6.61 Å². The van der Waals surface area contributed by atoms with E-state index in [-0.39, 0.29) is 18.8 Å². The van der Waals surface area contributed by atoms with E-state index in [9.17, 15) is 20.4 Å². The maximum Gasteiger partial charge on any atom is 0.153 e. The third kappa shape index (κ3) is 5.52. The first kappa shape index (κ1) is 21.1. The largest absolute Gasteiger partial charge is 0.491 e. The van der Waals surface area contributed by atoms with E-state index in [2.05, 4.69) is 13.2 Å². The van der Waals surface area contributed by atoms with Gasteiger partial charge in [-0.25, -0.2) is 0 Å². The molecule has 0 amide bonds. The number of ether oxygens (including phenoxy) is 1. The Kier molecular flexibility index (Phi) is 8.54. The molecule has 138 valence electrons. The van der Waals surface area contributed by atoms with Crippen LogP contribution in [-0.4, -0.2) is 62.7 Å². The molecule has 0 saturated heterocycles. The third-order valence-electron chi connectivity index (χ3n) is 3.73. The second-order valence-corrected chi connectivity index (χ2v) is 5.62. The van der Waals surface area contributed by atoms with Crippen molar-refractivity contribution in [1.82, 2.24) is 0 Å². The number of rotatable bonds is 11. The van der Waals surface area contributed by atoms with Crippen LogP contribution in [0.2, 0.25) is 0 Å². The van der Waals surface area contributed by atoms with Gasteiger partial charge in [0.25, 0.3) is 0 Å². The minimum Gasteiger partial charge on any atom is -0.491 e. The van der Waals surface area contributed by atoms with Crippen molar-refractivity contribution in [3.05, 3.63) is 67.0 Å². The van der Waals surface area contributed by atoms with Crippen LogP contribution in [0, 0.1) is 0 Å². The molecule has 0 aliphatic rings. The van der Waals surface area contributed by atoms with Crippen molar-refractivity contribution in [2.45, 2.75) is 30.3 Å². The Bertz CT molecular complexity index is 571. The van der Waals surface area contributed by atoms with E-state index in [1.807, 2.05) is 6.07 Å². The molecule has 0 aliphatic carbocycles. The van der Waals surface area contributed by atoms with Crippen LogP contribution in [0.5, 0.6) is 0 Å². The van der Waals surface area contributed by atoms with Gasteiger partial charge in [0.2, 0.25) is 0 Å². The predicted molar refractivity (Wildman–Crippen MR) is 95.4 cm³/mol. The van der Waals surface area contributed by atoms with Gasteiger partial charge < -0.3 is 30.3 Å². The second kappa shape index (κ2) is 10.1. The van der Waals surface area contributed by atoms with Gasteiger partial charge in [-0.05, 0) is 11.6 Å². The lowest BCUT2D eigenvalue weighted by molar-refractivity contribution is -0.155. The van der Waals surface area contributed by atoms with Gasteiger partial charge in [0.15, 0.2) is 5.60 Å². The zero-order valence-electron chi connectivity index (χ0n) is 14.0. The molecule has 0 heterocycles. The van der Waals surface area contributed by atoms with Crippen LogP contribution in [0.3, 0.4) is 0 Å². The van der Waals surface area contributed by atoms with Gasteiger partial charge in [-0.1, -0.05) is 49.1 Å². The van der Waals surface area contributed by atoms with Crippen LogP contribution in [0.1, 0.15) is 12.0 Å². The number of hydrogen-bond acceptors (Lipinski definition) is 6. The van der Waals surface area contributed by atoms with E-state index in [0.29, 0.717) is 5.56 Å². The highest BCUT2D eigenvalue weighted by atomic mass is 16.5. The first-order chi connectivity index (χ1) is 11.9. The predicted octanol–water partition coefficient (Wildman–Crippen LogP) is 0.612. The Morgan fingerprint density at radius 1 is 1.12 bits per heavy atom. The van der Waals surface area contributed by atoms with Crippen molar-refractivity contribution in [2.75, 3.05) is 13.2 Å². The maximum atomic E-state index is 11.0. The van der Waals surface area contributed by atoms with Crippen molar-refractivity contribution < 1.29 is 30.3 Å². The quantitative estimate of drug-likeness (QED) is 0.295. The van der Waals surface area contributed by atoms with Crippen molar-refractivity contribution in [3.63, 3.8) is 0 Å². The standard InChI is InChI=1S/C19H26O6/c1-3-10-19(24,18(23)17(22)15(21)13-20)16(25-11-4-2)12-14-8-6-5-7-9-14/h3-9,12,15,17-18,20-24H,1-2,10-11,13H2. The van der Waals surface area contributed by atoms with Crippen molar-refractivity contribution >= 4 is 6.08 Å². The molecule has 0 fully saturated rings. The molecule has 1 aromatic carbocycles. The molecule has 4 unspecified atom stereocenters. The van der Waals surface area contributed by atoms with E-state index in [1.54, 1.807) is 24.3 Å². The molecule has 1 aromatic rings. The zero-order chi connectivity index (χ0) is 18.9. The summed E-state index contributed by atoms with van der Waals surface area (Å²) in [5, 5.41) is 50.1. The Morgan fingerprint density at radius 3 is 2.28 bits per heavy atom. The van der Waals surface area contributed by atoms with Crippen LogP contribution in [0.15, 0.2) is 61.4 Å². The number of hydrogen-bond donors (Lipinski definition) is 5. The smallest absolute Gasteiger partial charge is 0.153 e. The SMILES string of the molecule is C=CCOC(=Cc1ccccc1)C(O)(CC=C)C(O)C(O)C(O)CO. The van der Waals surface area contributed by atoms with Crippen LogP contribution < -0.4 is 0 Å². The molecule has 0 radical (unpaired) electrons. The summed E-state index contributed by atoms with van der Waals surface area (Å²) in [7, 11) is 0. The van der Waals surface area contributed by atoms with Crippen LogP contribution in [-0.2, 0) is 4.74 Å². The molecule has 6 heteroatoms. The summed E-state index contributed by atoms with van der Waals surface area (Å²) in [6.45, 7) is 6.39. The number of aliphatic hydroxyl groups excluding tert-OH is 4. The normalized spacial score (nSPS) is 17.9. The molecular formula is C19H26O6. The van der Waals surface area contributed by atoms with Gasteiger partial charge in [-0.15, -0.1) is 6.58 Å². The van der Waals surface area contributed by atoms with Gasteiger partial charge in [0, 0.05) is 6.42 Å².